The summed E-state index contributed by atoms with van der Waals surface area (Å²) >= 11 is 0. The highest BCUT2D eigenvalue weighted by Crippen LogP contribution is 2.35. The number of carbonyl (C=O) groups is 2. The standard InChI is InChI=1S/C13H11NO3S/c1-18-11(12(15)14-13(18)16)9-6-8-4-2-3-5-10(8)17-7-9/h2-6,11H,1,7H2,(H,14,15,16). The second-order valence-corrected chi connectivity index (χ2v) is 5.83. The Bertz CT molecular complexity index is 606. The van der Waals surface area contributed by atoms with E-state index in [2.05, 4.69) is 11.2 Å². The number of hydrogen-bond acceptors (Lipinski definition) is 3. The van der Waals surface area contributed by atoms with Gasteiger partial charge < -0.3 is 4.74 Å². The van der Waals surface area contributed by atoms with Gasteiger partial charge in [-0.15, -0.1) is 0 Å². The molecule has 1 saturated heterocycles. The Labute approximate surface area is 107 Å². The number of carbonyl (C=O) groups excluding carboxylic acids is 2. The molecule has 1 fully saturated rings. The quantitative estimate of drug-likeness (QED) is 0.784. The van der Waals surface area contributed by atoms with E-state index in [1.807, 2.05) is 30.3 Å². The molecule has 1 N–H and O–H groups in total. The average Bonchev–Trinajstić information content (AvgIpc) is 2.63. The predicted molar refractivity (Wildman–Crippen MR) is 72.0 cm³/mol. The molecular formula is C13H11NO3S. The minimum atomic E-state index is -0.858. The van der Waals surface area contributed by atoms with Crippen molar-refractivity contribution >= 4 is 33.6 Å². The highest BCUT2D eigenvalue weighted by Gasteiger charge is 2.37. The summed E-state index contributed by atoms with van der Waals surface area (Å²) in [5.41, 5.74) is 1.75. The summed E-state index contributed by atoms with van der Waals surface area (Å²) in [7, 11) is -0.858. The van der Waals surface area contributed by atoms with Crippen molar-refractivity contribution in [2.75, 3.05) is 6.61 Å². The number of para-hydroxylation sites is 1. The van der Waals surface area contributed by atoms with Gasteiger partial charge in [-0.05, 0) is 17.7 Å². The number of amides is 2. The van der Waals surface area contributed by atoms with Crippen LogP contribution >= 0.6 is 10.5 Å². The van der Waals surface area contributed by atoms with Gasteiger partial charge in [0.15, 0.2) is 0 Å². The van der Waals surface area contributed by atoms with Crippen LogP contribution in [-0.2, 0) is 4.79 Å². The van der Waals surface area contributed by atoms with Gasteiger partial charge in [0, 0.05) is 5.56 Å². The summed E-state index contributed by atoms with van der Waals surface area (Å²) in [6.07, 6.45) is 1.92. The Morgan fingerprint density at radius 3 is 2.83 bits per heavy atom. The third-order valence-electron chi connectivity index (χ3n) is 2.98. The molecule has 2 unspecified atom stereocenters. The van der Waals surface area contributed by atoms with Gasteiger partial charge in [-0.3, -0.25) is 14.9 Å². The van der Waals surface area contributed by atoms with E-state index in [0.717, 1.165) is 16.9 Å². The summed E-state index contributed by atoms with van der Waals surface area (Å²) < 4.78 is 5.60. The van der Waals surface area contributed by atoms with Crippen LogP contribution in [0, 0.1) is 0 Å². The van der Waals surface area contributed by atoms with Gasteiger partial charge in [0.05, 0.1) is 0 Å². The first-order valence-electron chi connectivity index (χ1n) is 5.47. The number of rotatable bonds is 1. The maximum Gasteiger partial charge on any atom is 0.280 e. The van der Waals surface area contributed by atoms with Crippen molar-refractivity contribution < 1.29 is 14.3 Å². The summed E-state index contributed by atoms with van der Waals surface area (Å²) in [6, 6.07) is 7.61. The monoisotopic (exact) mass is 261 g/mol. The number of nitrogens with one attached hydrogen (secondary N) is 1. The number of fused-ring (bicyclic) bond motifs is 1. The molecule has 1 aromatic carbocycles. The Balaban J connectivity index is 2.00. The maximum absolute atomic E-state index is 11.7. The molecular weight excluding hydrogens is 250 g/mol. The molecule has 2 amide bonds. The topological polar surface area (TPSA) is 55.4 Å². The van der Waals surface area contributed by atoms with Crippen molar-refractivity contribution in [3.05, 3.63) is 35.4 Å². The Hall–Kier alpha value is -1.88. The normalized spacial score (nSPS) is 26.1. The van der Waals surface area contributed by atoms with Gasteiger partial charge in [0.1, 0.15) is 17.6 Å². The van der Waals surface area contributed by atoms with Crippen LogP contribution in [0.3, 0.4) is 0 Å². The fourth-order valence-electron chi connectivity index (χ4n) is 2.10. The van der Waals surface area contributed by atoms with Gasteiger partial charge in [0.25, 0.3) is 5.24 Å². The van der Waals surface area contributed by atoms with Crippen molar-refractivity contribution in [3.63, 3.8) is 0 Å². The van der Waals surface area contributed by atoms with Crippen molar-refractivity contribution in [1.29, 1.82) is 0 Å². The van der Waals surface area contributed by atoms with Crippen LogP contribution in [0.4, 0.5) is 4.79 Å². The largest absolute Gasteiger partial charge is 0.489 e. The van der Waals surface area contributed by atoms with E-state index < -0.39 is 15.7 Å². The van der Waals surface area contributed by atoms with Gasteiger partial charge in [-0.25, -0.2) is 0 Å². The minimum Gasteiger partial charge on any atom is -0.489 e. The lowest BCUT2D eigenvalue weighted by molar-refractivity contribution is -0.118. The third kappa shape index (κ3) is 1.67. The molecule has 2 atom stereocenters. The predicted octanol–water partition coefficient (Wildman–Crippen LogP) is 1.78. The number of hydrogen-bond donors (Lipinski definition) is 1. The fourth-order valence-corrected chi connectivity index (χ4v) is 3.37. The van der Waals surface area contributed by atoms with Crippen molar-refractivity contribution in [2.24, 2.45) is 0 Å². The van der Waals surface area contributed by atoms with Crippen LogP contribution in [0.2, 0.25) is 0 Å². The van der Waals surface area contributed by atoms with E-state index in [1.165, 1.54) is 0 Å². The van der Waals surface area contributed by atoms with E-state index in [1.54, 1.807) is 0 Å². The van der Waals surface area contributed by atoms with Gasteiger partial charge >= 0.3 is 0 Å². The van der Waals surface area contributed by atoms with Gasteiger partial charge in [0.2, 0.25) is 5.91 Å². The van der Waals surface area contributed by atoms with Crippen LogP contribution in [0.15, 0.2) is 29.8 Å². The zero-order valence-electron chi connectivity index (χ0n) is 9.51. The van der Waals surface area contributed by atoms with Crippen molar-refractivity contribution in [3.8, 4) is 5.75 Å². The molecule has 2 aliphatic rings. The lowest BCUT2D eigenvalue weighted by Gasteiger charge is -2.20. The first kappa shape index (κ1) is 11.2. The molecule has 5 heteroatoms. The molecule has 2 aliphatic heterocycles. The second kappa shape index (κ2) is 4.10. The highest BCUT2D eigenvalue weighted by molar-refractivity contribution is 8.28. The number of benzene rings is 1. The van der Waals surface area contributed by atoms with Crippen LogP contribution in [0.25, 0.3) is 6.08 Å². The van der Waals surface area contributed by atoms with E-state index in [9.17, 15) is 9.59 Å². The van der Waals surface area contributed by atoms with E-state index in [4.69, 9.17) is 4.74 Å². The van der Waals surface area contributed by atoms with Crippen LogP contribution in [-0.4, -0.2) is 28.9 Å². The molecule has 4 nitrogen and oxygen atoms in total. The molecule has 0 bridgehead atoms. The molecule has 18 heavy (non-hydrogen) atoms. The average molecular weight is 261 g/mol. The molecule has 1 aromatic rings. The van der Waals surface area contributed by atoms with E-state index in [-0.39, 0.29) is 11.1 Å². The highest BCUT2D eigenvalue weighted by atomic mass is 32.2. The van der Waals surface area contributed by atoms with Crippen LogP contribution in [0.1, 0.15) is 5.56 Å². The molecule has 2 heterocycles. The molecule has 0 aliphatic carbocycles. The molecule has 3 rings (SSSR count). The third-order valence-corrected chi connectivity index (χ3v) is 4.64. The summed E-state index contributed by atoms with van der Waals surface area (Å²) in [5, 5.41) is 1.55. The van der Waals surface area contributed by atoms with Gasteiger partial charge in [-0.1, -0.05) is 34.6 Å². The lowest BCUT2D eigenvalue weighted by Crippen LogP contribution is -2.28. The summed E-state index contributed by atoms with van der Waals surface area (Å²) in [5.74, 6) is 4.31. The zero-order valence-corrected chi connectivity index (χ0v) is 10.3. The fraction of sp³-hybridized carbons (Fsp3) is 0.154. The van der Waals surface area contributed by atoms with E-state index in [0.29, 0.717) is 6.61 Å². The smallest absolute Gasteiger partial charge is 0.280 e. The second-order valence-electron chi connectivity index (χ2n) is 4.13. The minimum absolute atomic E-state index is 0.271. The van der Waals surface area contributed by atoms with E-state index >= 15 is 0 Å². The number of ether oxygens (including phenoxy) is 1. The van der Waals surface area contributed by atoms with Gasteiger partial charge in [-0.2, -0.15) is 0 Å². The first-order chi connectivity index (χ1) is 8.66. The Morgan fingerprint density at radius 2 is 2.11 bits per heavy atom. The van der Waals surface area contributed by atoms with Crippen molar-refractivity contribution in [1.82, 2.24) is 5.32 Å². The Morgan fingerprint density at radius 1 is 1.33 bits per heavy atom. The van der Waals surface area contributed by atoms with Crippen molar-refractivity contribution in [2.45, 2.75) is 5.25 Å². The summed E-state index contributed by atoms with van der Waals surface area (Å²) in [4.78, 5) is 23.2. The molecule has 0 saturated carbocycles. The number of imide groups is 1. The lowest BCUT2D eigenvalue weighted by atomic mass is 10.0. The maximum atomic E-state index is 11.7. The summed E-state index contributed by atoms with van der Waals surface area (Å²) in [6.45, 7) is 0.335. The molecule has 0 spiro atoms. The first-order valence-corrected chi connectivity index (χ1v) is 6.92. The SMILES string of the molecule is C=S1C(=O)NC(=O)C1C1=Cc2ccccc2OC1. The molecule has 92 valence electrons. The Kier molecular flexibility index (Phi) is 2.56. The van der Waals surface area contributed by atoms with Crippen LogP contribution in [0.5, 0.6) is 5.75 Å². The van der Waals surface area contributed by atoms with Crippen LogP contribution < -0.4 is 10.1 Å². The molecule has 0 radical (unpaired) electrons. The zero-order chi connectivity index (χ0) is 12.7. The molecule has 0 aromatic heterocycles.